The molecule has 0 aromatic heterocycles. The van der Waals surface area contributed by atoms with Gasteiger partial charge in [0.2, 0.25) is 0 Å². The molecule has 1 heterocycles. The molecule has 25 heavy (non-hydrogen) atoms. The smallest absolute Gasteiger partial charge is 0.410 e. The van der Waals surface area contributed by atoms with Crippen LogP contribution in [0.1, 0.15) is 31.1 Å². The molecule has 0 aliphatic carbocycles. The van der Waals surface area contributed by atoms with E-state index >= 15 is 0 Å². The Labute approximate surface area is 150 Å². The number of benzene rings is 1. The van der Waals surface area contributed by atoms with Gasteiger partial charge in [-0.05, 0) is 32.9 Å². The number of hydrogen-bond donors (Lipinski definition) is 0. The summed E-state index contributed by atoms with van der Waals surface area (Å²) in [6, 6.07) is 3.96. The van der Waals surface area contributed by atoms with Crippen molar-refractivity contribution in [2.45, 2.75) is 26.4 Å². The third-order valence-electron chi connectivity index (χ3n) is 3.61. The maximum Gasteiger partial charge on any atom is 0.410 e. The highest BCUT2D eigenvalue weighted by atomic mass is 35.5. The van der Waals surface area contributed by atoms with Crippen molar-refractivity contribution in [3.05, 3.63) is 38.9 Å². The van der Waals surface area contributed by atoms with Crippen LogP contribution in [0.25, 0.3) is 0 Å². The van der Waals surface area contributed by atoms with Gasteiger partial charge in [0.05, 0.1) is 4.92 Å². The van der Waals surface area contributed by atoms with Gasteiger partial charge in [-0.15, -0.1) is 0 Å². The van der Waals surface area contributed by atoms with E-state index in [1.165, 1.54) is 18.2 Å². The predicted molar refractivity (Wildman–Crippen MR) is 91.8 cm³/mol. The number of nitro benzene ring substituents is 1. The Hall–Kier alpha value is -2.35. The fourth-order valence-corrected chi connectivity index (χ4v) is 2.57. The second kappa shape index (κ2) is 7.26. The normalized spacial score (nSPS) is 15.0. The summed E-state index contributed by atoms with van der Waals surface area (Å²) in [6.45, 7) is 6.71. The van der Waals surface area contributed by atoms with E-state index in [4.69, 9.17) is 16.3 Å². The second-order valence-electron chi connectivity index (χ2n) is 6.68. The summed E-state index contributed by atoms with van der Waals surface area (Å²) in [7, 11) is 0. The lowest BCUT2D eigenvalue weighted by Crippen LogP contribution is -2.51. The van der Waals surface area contributed by atoms with Crippen molar-refractivity contribution in [2.24, 2.45) is 0 Å². The molecule has 136 valence electrons. The van der Waals surface area contributed by atoms with Crippen LogP contribution in [0.4, 0.5) is 10.5 Å². The third kappa shape index (κ3) is 4.82. The van der Waals surface area contributed by atoms with E-state index < -0.39 is 16.6 Å². The Morgan fingerprint density at radius 1 is 1.16 bits per heavy atom. The van der Waals surface area contributed by atoms with Crippen LogP contribution in [0.15, 0.2) is 18.2 Å². The van der Waals surface area contributed by atoms with E-state index in [-0.39, 0.29) is 22.2 Å². The molecular formula is C16H20ClN3O5. The topological polar surface area (TPSA) is 93.0 Å². The number of ether oxygens (including phenoxy) is 1. The number of nitro groups is 1. The number of halogens is 1. The molecule has 1 aromatic carbocycles. The van der Waals surface area contributed by atoms with Gasteiger partial charge in [-0.25, -0.2) is 4.79 Å². The van der Waals surface area contributed by atoms with E-state index in [0.717, 1.165) is 0 Å². The van der Waals surface area contributed by atoms with Gasteiger partial charge in [-0.2, -0.15) is 0 Å². The summed E-state index contributed by atoms with van der Waals surface area (Å²) < 4.78 is 5.31. The number of amides is 2. The molecule has 2 rings (SSSR count). The summed E-state index contributed by atoms with van der Waals surface area (Å²) in [5.74, 6) is -0.330. The molecule has 1 fully saturated rings. The minimum atomic E-state index is -0.625. The van der Waals surface area contributed by atoms with Crippen LogP contribution >= 0.6 is 11.6 Å². The van der Waals surface area contributed by atoms with Crippen molar-refractivity contribution in [3.8, 4) is 0 Å². The van der Waals surface area contributed by atoms with Crippen molar-refractivity contribution in [1.82, 2.24) is 9.80 Å². The zero-order valence-corrected chi connectivity index (χ0v) is 15.1. The Morgan fingerprint density at radius 2 is 1.72 bits per heavy atom. The molecule has 0 bridgehead atoms. The van der Waals surface area contributed by atoms with E-state index in [1.54, 1.807) is 30.6 Å². The first-order chi connectivity index (χ1) is 11.6. The lowest BCUT2D eigenvalue weighted by molar-refractivity contribution is -0.384. The molecule has 1 aliphatic heterocycles. The zero-order chi connectivity index (χ0) is 18.8. The number of carbonyl (C=O) groups excluding carboxylic acids is 2. The maximum absolute atomic E-state index is 12.5. The average Bonchev–Trinajstić information content (AvgIpc) is 2.53. The average molecular weight is 370 g/mol. The number of rotatable bonds is 2. The summed E-state index contributed by atoms with van der Waals surface area (Å²) in [5.41, 5.74) is -0.687. The third-order valence-corrected chi connectivity index (χ3v) is 3.93. The van der Waals surface area contributed by atoms with Crippen LogP contribution in [-0.4, -0.2) is 58.5 Å². The van der Waals surface area contributed by atoms with Crippen LogP contribution < -0.4 is 0 Å². The number of hydrogen-bond acceptors (Lipinski definition) is 5. The van der Waals surface area contributed by atoms with Crippen LogP contribution in [0, 0.1) is 10.1 Å². The number of carbonyl (C=O) groups is 2. The van der Waals surface area contributed by atoms with Crippen molar-refractivity contribution in [2.75, 3.05) is 26.2 Å². The monoisotopic (exact) mass is 369 g/mol. The Kier molecular flexibility index (Phi) is 5.52. The standard InChI is InChI=1S/C16H20ClN3O5/c1-16(2,3)25-15(22)19-8-6-18(7-9-19)14(21)11-4-5-12(17)13(10-11)20(23)24/h4-5,10H,6-9H2,1-3H3. The quantitative estimate of drug-likeness (QED) is 0.590. The first kappa shape index (κ1) is 19.0. The molecule has 0 atom stereocenters. The molecule has 0 spiro atoms. The fourth-order valence-electron chi connectivity index (χ4n) is 2.39. The summed E-state index contributed by atoms with van der Waals surface area (Å²) in [4.78, 5) is 38.0. The van der Waals surface area contributed by atoms with E-state index in [9.17, 15) is 19.7 Å². The van der Waals surface area contributed by atoms with Gasteiger partial charge in [-0.1, -0.05) is 11.6 Å². The van der Waals surface area contributed by atoms with Gasteiger partial charge in [0, 0.05) is 37.8 Å². The van der Waals surface area contributed by atoms with Gasteiger partial charge in [-0.3, -0.25) is 14.9 Å². The van der Waals surface area contributed by atoms with E-state index in [0.29, 0.717) is 26.2 Å². The highest BCUT2D eigenvalue weighted by Gasteiger charge is 2.28. The van der Waals surface area contributed by atoms with Crippen molar-refractivity contribution in [3.63, 3.8) is 0 Å². The first-order valence-corrected chi connectivity index (χ1v) is 8.17. The number of piperazine rings is 1. The fraction of sp³-hybridized carbons (Fsp3) is 0.500. The SMILES string of the molecule is CC(C)(C)OC(=O)N1CCN(C(=O)c2ccc(Cl)c([N+](=O)[O-])c2)CC1. The van der Waals surface area contributed by atoms with Crippen LogP contribution in [0.2, 0.25) is 5.02 Å². The Morgan fingerprint density at radius 3 is 2.24 bits per heavy atom. The molecule has 8 nitrogen and oxygen atoms in total. The van der Waals surface area contributed by atoms with Crippen LogP contribution in [0.5, 0.6) is 0 Å². The minimum Gasteiger partial charge on any atom is -0.444 e. The maximum atomic E-state index is 12.5. The highest BCUT2D eigenvalue weighted by molar-refractivity contribution is 6.32. The summed E-state index contributed by atoms with van der Waals surface area (Å²) in [5, 5.41) is 10.9. The zero-order valence-electron chi connectivity index (χ0n) is 14.3. The van der Waals surface area contributed by atoms with Gasteiger partial charge in [0.1, 0.15) is 10.6 Å². The van der Waals surface area contributed by atoms with Gasteiger partial charge < -0.3 is 14.5 Å². The second-order valence-corrected chi connectivity index (χ2v) is 7.09. The highest BCUT2D eigenvalue weighted by Crippen LogP contribution is 2.26. The molecule has 1 aliphatic rings. The number of nitrogens with zero attached hydrogens (tertiary/aromatic N) is 3. The molecule has 0 saturated carbocycles. The van der Waals surface area contributed by atoms with E-state index in [1.807, 2.05) is 0 Å². The summed E-state index contributed by atoms with van der Waals surface area (Å²) in [6.07, 6.45) is -0.415. The molecule has 0 unspecified atom stereocenters. The minimum absolute atomic E-state index is 0.0173. The van der Waals surface area contributed by atoms with Gasteiger partial charge in [0.15, 0.2) is 0 Å². The van der Waals surface area contributed by atoms with Crippen LogP contribution in [-0.2, 0) is 4.74 Å². The van der Waals surface area contributed by atoms with E-state index in [2.05, 4.69) is 0 Å². The molecule has 1 aromatic rings. The lowest BCUT2D eigenvalue weighted by Gasteiger charge is -2.35. The predicted octanol–water partition coefficient (Wildman–Crippen LogP) is 2.94. The lowest BCUT2D eigenvalue weighted by atomic mass is 10.1. The largest absolute Gasteiger partial charge is 0.444 e. The van der Waals surface area contributed by atoms with Crippen molar-refractivity contribution in [1.29, 1.82) is 0 Å². The first-order valence-electron chi connectivity index (χ1n) is 7.79. The molecular weight excluding hydrogens is 350 g/mol. The molecule has 9 heteroatoms. The Balaban J connectivity index is 2.01. The van der Waals surface area contributed by atoms with Crippen LogP contribution in [0.3, 0.4) is 0 Å². The Bertz CT molecular complexity index is 694. The van der Waals surface area contributed by atoms with Crippen molar-refractivity contribution >= 4 is 29.3 Å². The van der Waals surface area contributed by atoms with Crippen molar-refractivity contribution < 1.29 is 19.2 Å². The molecule has 1 saturated heterocycles. The molecule has 2 amide bonds. The summed E-state index contributed by atoms with van der Waals surface area (Å²) >= 11 is 5.76. The van der Waals surface area contributed by atoms with Gasteiger partial charge in [0.25, 0.3) is 11.6 Å². The van der Waals surface area contributed by atoms with Gasteiger partial charge >= 0.3 is 6.09 Å². The molecule has 0 N–H and O–H groups in total. The molecule has 0 radical (unpaired) electrons.